The van der Waals surface area contributed by atoms with Gasteiger partial charge in [-0.05, 0) is 19.1 Å². The molecule has 2 rings (SSSR count). The van der Waals surface area contributed by atoms with Crippen LogP contribution in [0.3, 0.4) is 0 Å². The Balaban J connectivity index is 2.25. The maximum atomic E-state index is 9.63. The van der Waals surface area contributed by atoms with E-state index >= 15 is 0 Å². The van der Waals surface area contributed by atoms with Crippen molar-refractivity contribution in [2.75, 3.05) is 6.61 Å². The number of rotatable bonds is 3. The third-order valence-electron chi connectivity index (χ3n) is 2.87. The number of aromatic nitrogens is 2. The van der Waals surface area contributed by atoms with E-state index < -0.39 is 12.1 Å². The first-order chi connectivity index (χ1) is 9.61. The largest absolute Gasteiger partial charge is 0.393 e. The Kier molecular flexibility index (Phi) is 4.62. The van der Waals surface area contributed by atoms with Crippen LogP contribution in [0.1, 0.15) is 30.5 Å². The SMILES string of the molecule is [B]c1ccc(C#C[C@@H](CO)n2ccnc2C(C)O)cc1. The van der Waals surface area contributed by atoms with Gasteiger partial charge in [-0.2, -0.15) is 0 Å². The lowest BCUT2D eigenvalue weighted by atomic mass is 9.95. The Bertz CT molecular complexity index is 623. The maximum Gasteiger partial charge on any atom is 0.138 e. The molecule has 2 radical (unpaired) electrons. The average Bonchev–Trinajstić information content (AvgIpc) is 2.91. The summed E-state index contributed by atoms with van der Waals surface area (Å²) in [6.45, 7) is 1.47. The molecule has 0 aliphatic heterocycles. The third-order valence-corrected chi connectivity index (χ3v) is 2.87. The van der Waals surface area contributed by atoms with Crippen molar-refractivity contribution in [3.05, 3.63) is 48.0 Å². The average molecular weight is 266 g/mol. The Morgan fingerprint density at radius 1 is 1.35 bits per heavy atom. The molecule has 100 valence electrons. The summed E-state index contributed by atoms with van der Waals surface area (Å²) >= 11 is 0. The summed E-state index contributed by atoms with van der Waals surface area (Å²) in [7, 11) is 5.61. The van der Waals surface area contributed by atoms with Gasteiger partial charge in [0.25, 0.3) is 0 Å². The highest BCUT2D eigenvalue weighted by Gasteiger charge is 2.14. The number of aliphatic hydroxyl groups excluding tert-OH is 2. The van der Waals surface area contributed by atoms with Gasteiger partial charge in [0.05, 0.1) is 6.61 Å². The highest BCUT2D eigenvalue weighted by atomic mass is 16.3. The normalized spacial score (nSPS) is 13.3. The molecule has 0 aliphatic carbocycles. The van der Waals surface area contributed by atoms with Gasteiger partial charge in [0.2, 0.25) is 0 Å². The monoisotopic (exact) mass is 266 g/mol. The van der Waals surface area contributed by atoms with Crippen LogP contribution in [0.5, 0.6) is 0 Å². The number of hydrogen-bond acceptors (Lipinski definition) is 3. The highest BCUT2D eigenvalue weighted by molar-refractivity contribution is 6.32. The van der Waals surface area contributed by atoms with Crippen molar-refractivity contribution >= 4 is 13.3 Å². The van der Waals surface area contributed by atoms with Crippen LogP contribution in [-0.2, 0) is 0 Å². The van der Waals surface area contributed by atoms with Crippen LogP contribution in [0.25, 0.3) is 0 Å². The maximum absolute atomic E-state index is 9.63. The first-order valence-electron chi connectivity index (χ1n) is 6.30. The smallest absolute Gasteiger partial charge is 0.138 e. The Morgan fingerprint density at radius 2 is 2.05 bits per heavy atom. The molecule has 4 nitrogen and oxygen atoms in total. The quantitative estimate of drug-likeness (QED) is 0.621. The van der Waals surface area contributed by atoms with Gasteiger partial charge in [0, 0.05) is 18.0 Å². The van der Waals surface area contributed by atoms with Gasteiger partial charge in [-0.15, -0.1) is 0 Å². The van der Waals surface area contributed by atoms with E-state index in [-0.39, 0.29) is 6.61 Å². The minimum atomic E-state index is -0.711. The third kappa shape index (κ3) is 3.29. The Morgan fingerprint density at radius 3 is 2.65 bits per heavy atom. The van der Waals surface area contributed by atoms with Gasteiger partial charge in [-0.25, -0.2) is 4.98 Å². The van der Waals surface area contributed by atoms with Crippen molar-refractivity contribution in [3.63, 3.8) is 0 Å². The molecular formula is C15H15BN2O2. The molecule has 0 fully saturated rings. The van der Waals surface area contributed by atoms with E-state index in [1.54, 1.807) is 36.0 Å². The van der Waals surface area contributed by atoms with Crippen molar-refractivity contribution in [2.24, 2.45) is 0 Å². The van der Waals surface area contributed by atoms with Crippen LogP contribution in [-0.4, -0.2) is 34.2 Å². The van der Waals surface area contributed by atoms with E-state index in [0.29, 0.717) is 11.3 Å². The molecule has 0 spiro atoms. The summed E-state index contributed by atoms with van der Waals surface area (Å²) in [6, 6.07) is 6.74. The van der Waals surface area contributed by atoms with E-state index in [9.17, 15) is 10.2 Å². The summed E-state index contributed by atoms with van der Waals surface area (Å²) < 4.78 is 1.68. The Labute approximate surface area is 119 Å². The molecule has 1 aromatic heterocycles. The van der Waals surface area contributed by atoms with Gasteiger partial charge in [-0.1, -0.05) is 29.4 Å². The van der Waals surface area contributed by atoms with Crippen molar-refractivity contribution in [3.8, 4) is 11.8 Å². The highest BCUT2D eigenvalue weighted by Crippen LogP contribution is 2.15. The van der Waals surface area contributed by atoms with Crippen molar-refractivity contribution in [1.29, 1.82) is 0 Å². The summed E-state index contributed by atoms with van der Waals surface area (Å²) in [5.74, 6) is 6.44. The minimum absolute atomic E-state index is 0.155. The lowest BCUT2D eigenvalue weighted by Gasteiger charge is -2.14. The molecule has 2 aromatic rings. The van der Waals surface area contributed by atoms with Crippen LogP contribution in [0.15, 0.2) is 36.7 Å². The zero-order chi connectivity index (χ0) is 14.5. The van der Waals surface area contributed by atoms with E-state index in [1.165, 1.54) is 0 Å². The van der Waals surface area contributed by atoms with Crippen LogP contribution in [0.2, 0.25) is 0 Å². The van der Waals surface area contributed by atoms with E-state index in [1.807, 2.05) is 12.1 Å². The topological polar surface area (TPSA) is 58.3 Å². The molecule has 0 aliphatic rings. The molecule has 1 heterocycles. The first kappa shape index (κ1) is 14.4. The number of imidazole rings is 1. The lowest BCUT2D eigenvalue weighted by molar-refractivity contribution is 0.176. The zero-order valence-corrected chi connectivity index (χ0v) is 11.2. The fraction of sp³-hybridized carbons (Fsp3) is 0.267. The first-order valence-corrected chi connectivity index (χ1v) is 6.30. The Hall–Kier alpha value is -2.03. The minimum Gasteiger partial charge on any atom is -0.393 e. The van der Waals surface area contributed by atoms with Crippen LogP contribution in [0, 0.1) is 11.8 Å². The zero-order valence-electron chi connectivity index (χ0n) is 11.2. The molecule has 2 atom stereocenters. The van der Waals surface area contributed by atoms with Crippen molar-refractivity contribution in [1.82, 2.24) is 9.55 Å². The number of hydrogen-bond donors (Lipinski definition) is 2. The van der Waals surface area contributed by atoms with Gasteiger partial charge in [0.15, 0.2) is 0 Å². The lowest BCUT2D eigenvalue weighted by Crippen LogP contribution is -2.15. The van der Waals surface area contributed by atoms with Crippen LogP contribution in [0.4, 0.5) is 0 Å². The predicted molar refractivity (Wildman–Crippen MR) is 77.7 cm³/mol. The molecule has 5 heteroatoms. The fourth-order valence-electron chi connectivity index (χ4n) is 1.85. The molecule has 0 bridgehead atoms. The molecular weight excluding hydrogens is 251 g/mol. The van der Waals surface area contributed by atoms with E-state index in [2.05, 4.69) is 16.8 Å². The number of benzene rings is 1. The molecule has 0 saturated heterocycles. The molecule has 0 amide bonds. The summed E-state index contributed by atoms with van der Waals surface area (Å²) in [4.78, 5) is 4.07. The summed E-state index contributed by atoms with van der Waals surface area (Å²) in [5, 5.41) is 19.1. The molecule has 2 N–H and O–H groups in total. The van der Waals surface area contributed by atoms with Gasteiger partial charge in [0.1, 0.15) is 25.8 Å². The van der Waals surface area contributed by atoms with Crippen molar-refractivity contribution in [2.45, 2.75) is 19.1 Å². The van der Waals surface area contributed by atoms with E-state index in [4.69, 9.17) is 7.85 Å². The summed E-state index contributed by atoms with van der Waals surface area (Å²) in [5.41, 5.74) is 1.50. The standard InChI is InChI=1S/C15H15BN2O2/c1-11(20)15-17-8-9-18(15)14(10-19)7-4-12-2-5-13(16)6-3-12/h2-3,5-6,8-9,11,14,19-20H,10H2,1H3/t11?,14-/m0/s1. The van der Waals surface area contributed by atoms with Gasteiger partial charge >= 0.3 is 0 Å². The van der Waals surface area contributed by atoms with Gasteiger partial charge in [-0.3, -0.25) is 0 Å². The van der Waals surface area contributed by atoms with Crippen molar-refractivity contribution < 1.29 is 10.2 Å². The second-order valence-electron chi connectivity index (χ2n) is 4.46. The molecule has 1 aromatic carbocycles. The predicted octanol–water partition coefficient (Wildman–Crippen LogP) is 0.315. The van der Waals surface area contributed by atoms with Gasteiger partial charge < -0.3 is 14.8 Å². The summed E-state index contributed by atoms with van der Waals surface area (Å²) in [6.07, 6.45) is 2.56. The molecule has 1 unspecified atom stereocenters. The van der Waals surface area contributed by atoms with Crippen LogP contribution < -0.4 is 5.46 Å². The van der Waals surface area contributed by atoms with Crippen LogP contribution >= 0.6 is 0 Å². The second-order valence-corrected chi connectivity index (χ2v) is 4.46. The number of aliphatic hydroxyl groups is 2. The number of nitrogens with zero attached hydrogens (tertiary/aromatic N) is 2. The molecule has 20 heavy (non-hydrogen) atoms. The van der Waals surface area contributed by atoms with E-state index in [0.717, 1.165) is 5.56 Å². The molecule has 0 saturated carbocycles. The fourth-order valence-corrected chi connectivity index (χ4v) is 1.85. The second kappa shape index (κ2) is 6.42.